The van der Waals surface area contributed by atoms with Crippen molar-refractivity contribution in [2.45, 2.75) is 18.2 Å². The molecule has 0 aliphatic heterocycles. The van der Waals surface area contributed by atoms with Crippen LogP contribution in [0.1, 0.15) is 12.7 Å². The van der Waals surface area contributed by atoms with E-state index in [2.05, 4.69) is 31.4 Å². The number of amides is 1. The lowest BCUT2D eigenvalue weighted by Crippen LogP contribution is -2.31. The molecule has 0 aliphatic carbocycles. The van der Waals surface area contributed by atoms with Crippen molar-refractivity contribution in [3.8, 4) is 0 Å². The molecule has 1 unspecified atom stereocenters. The van der Waals surface area contributed by atoms with E-state index in [1.54, 1.807) is 13.3 Å². The van der Waals surface area contributed by atoms with Crippen LogP contribution in [0.4, 0.5) is 0 Å². The van der Waals surface area contributed by atoms with E-state index in [0.717, 1.165) is 5.82 Å². The van der Waals surface area contributed by atoms with Crippen LogP contribution in [0.15, 0.2) is 6.33 Å². The van der Waals surface area contributed by atoms with Crippen molar-refractivity contribution in [2.75, 3.05) is 6.54 Å². The summed E-state index contributed by atoms with van der Waals surface area (Å²) >= 11 is 3.19. The molecular weight excluding hydrogens is 248 g/mol. The first-order valence-corrected chi connectivity index (χ1v) is 5.27. The molecule has 0 aliphatic rings. The highest BCUT2D eigenvalue weighted by Crippen LogP contribution is 1.96. The standard InChI is InChI=1S/C8H13BrN4O/c1-6(9)8(14)10-4-3-7-12-11-5-13(7)2/h5-6H,3-4H2,1-2H3,(H,10,14). The van der Waals surface area contributed by atoms with Crippen LogP contribution in [0.3, 0.4) is 0 Å². The van der Waals surface area contributed by atoms with Crippen LogP contribution in [0.5, 0.6) is 0 Å². The predicted octanol–water partition coefficient (Wildman–Crippen LogP) is 0.257. The third-order valence-electron chi connectivity index (χ3n) is 1.81. The summed E-state index contributed by atoms with van der Waals surface area (Å²) in [5.74, 6) is 0.861. The Balaban J connectivity index is 2.29. The number of nitrogens with one attached hydrogen (secondary N) is 1. The quantitative estimate of drug-likeness (QED) is 0.791. The molecule has 0 radical (unpaired) electrons. The molecule has 0 bridgehead atoms. The number of nitrogens with zero attached hydrogens (tertiary/aromatic N) is 3. The topological polar surface area (TPSA) is 59.8 Å². The van der Waals surface area contributed by atoms with Gasteiger partial charge >= 0.3 is 0 Å². The van der Waals surface area contributed by atoms with E-state index in [4.69, 9.17) is 0 Å². The average Bonchev–Trinajstić information content (AvgIpc) is 2.51. The number of alkyl halides is 1. The van der Waals surface area contributed by atoms with Gasteiger partial charge in [-0.25, -0.2) is 0 Å². The Morgan fingerprint density at radius 1 is 1.79 bits per heavy atom. The second-order valence-electron chi connectivity index (χ2n) is 3.02. The number of aryl methyl sites for hydroxylation is 1. The zero-order chi connectivity index (χ0) is 10.6. The van der Waals surface area contributed by atoms with E-state index >= 15 is 0 Å². The summed E-state index contributed by atoms with van der Waals surface area (Å²) in [4.78, 5) is 11.0. The van der Waals surface area contributed by atoms with Crippen molar-refractivity contribution in [2.24, 2.45) is 7.05 Å². The first-order valence-electron chi connectivity index (χ1n) is 4.36. The zero-order valence-corrected chi connectivity index (χ0v) is 9.78. The molecular formula is C8H13BrN4O. The maximum absolute atomic E-state index is 11.2. The van der Waals surface area contributed by atoms with Crippen LogP contribution in [0.2, 0.25) is 0 Å². The van der Waals surface area contributed by atoms with Crippen LogP contribution in [0.25, 0.3) is 0 Å². The first-order chi connectivity index (χ1) is 6.61. The molecule has 0 fully saturated rings. The SMILES string of the molecule is CC(Br)C(=O)NCCc1nncn1C. The Bertz CT molecular complexity index is 310. The second kappa shape index (κ2) is 5.09. The summed E-state index contributed by atoms with van der Waals surface area (Å²) < 4.78 is 1.84. The largest absolute Gasteiger partial charge is 0.355 e. The fraction of sp³-hybridized carbons (Fsp3) is 0.625. The molecule has 14 heavy (non-hydrogen) atoms. The normalized spacial score (nSPS) is 12.5. The average molecular weight is 261 g/mol. The van der Waals surface area contributed by atoms with Gasteiger partial charge in [0.25, 0.3) is 0 Å². The van der Waals surface area contributed by atoms with Gasteiger partial charge in [-0.2, -0.15) is 0 Å². The van der Waals surface area contributed by atoms with Crippen LogP contribution in [0, 0.1) is 0 Å². The minimum absolute atomic E-state index is 0.00725. The van der Waals surface area contributed by atoms with Crippen LogP contribution >= 0.6 is 15.9 Å². The van der Waals surface area contributed by atoms with Gasteiger partial charge in [-0.3, -0.25) is 4.79 Å². The number of hydrogen-bond acceptors (Lipinski definition) is 3. The van der Waals surface area contributed by atoms with Gasteiger partial charge in [0.1, 0.15) is 12.2 Å². The molecule has 0 aromatic carbocycles. The Labute approximate surface area is 91.0 Å². The Morgan fingerprint density at radius 3 is 3.00 bits per heavy atom. The highest BCUT2D eigenvalue weighted by Gasteiger charge is 2.07. The smallest absolute Gasteiger partial charge is 0.233 e. The third kappa shape index (κ3) is 3.10. The monoisotopic (exact) mass is 260 g/mol. The number of rotatable bonds is 4. The van der Waals surface area contributed by atoms with E-state index in [-0.39, 0.29) is 10.7 Å². The fourth-order valence-electron chi connectivity index (χ4n) is 0.972. The lowest BCUT2D eigenvalue weighted by molar-refractivity contribution is -0.120. The molecule has 1 atom stereocenters. The Hall–Kier alpha value is -0.910. The van der Waals surface area contributed by atoms with E-state index in [1.165, 1.54) is 0 Å². The van der Waals surface area contributed by atoms with Crippen molar-refractivity contribution in [1.82, 2.24) is 20.1 Å². The van der Waals surface area contributed by atoms with E-state index in [9.17, 15) is 4.79 Å². The maximum Gasteiger partial charge on any atom is 0.233 e. The molecule has 0 saturated heterocycles. The first kappa shape index (κ1) is 11.2. The molecule has 78 valence electrons. The van der Waals surface area contributed by atoms with Gasteiger partial charge in [0.2, 0.25) is 5.91 Å². The number of aromatic nitrogens is 3. The number of carbonyl (C=O) groups is 1. The van der Waals surface area contributed by atoms with Gasteiger partial charge < -0.3 is 9.88 Å². The minimum Gasteiger partial charge on any atom is -0.355 e. The van der Waals surface area contributed by atoms with E-state index in [1.807, 2.05) is 11.6 Å². The number of halogens is 1. The summed E-state index contributed by atoms with van der Waals surface area (Å²) in [5, 5.41) is 10.4. The second-order valence-corrected chi connectivity index (χ2v) is 4.39. The molecule has 5 nitrogen and oxygen atoms in total. The van der Waals surface area contributed by atoms with Gasteiger partial charge in [-0.05, 0) is 6.92 Å². The molecule has 1 heterocycles. The maximum atomic E-state index is 11.2. The molecule has 6 heteroatoms. The summed E-state index contributed by atoms with van der Waals surface area (Å²) in [6.07, 6.45) is 2.34. The van der Waals surface area contributed by atoms with Crippen LogP contribution in [-0.2, 0) is 18.3 Å². The molecule has 0 spiro atoms. The van der Waals surface area contributed by atoms with Gasteiger partial charge in [-0.1, -0.05) is 15.9 Å². The Morgan fingerprint density at radius 2 is 2.50 bits per heavy atom. The molecule has 1 rings (SSSR count). The minimum atomic E-state index is -0.151. The predicted molar refractivity (Wildman–Crippen MR) is 56.1 cm³/mol. The molecule has 1 aromatic heterocycles. The van der Waals surface area contributed by atoms with Crippen molar-refractivity contribution in [3.05, 3.63) is 12.2 Å². The lowest BCUT2D eigenvalue weighted by atomic mass is 10.3. The van der Waals surface area contributed by atoms with E-state index < -0.39 is 0 Å². The molecule has 1 aromatic rings. The summed E-state index contributed by atoms with van der Waals surface area (Å²) in [6, 6.07) is 0. The van der Waals surface area contributed by atoms with Crippen molar-refractivity contribution >= 4 is 21.8 Å². The van der Waals surface area contributed by atoms with Gasteiger partial charge in [0, 0.05) is 20.0 Å². The summed E-state index contributed by atoms with van der Waals surface area (Å²) in [5.41, 5.74) is 0. The van der Waals surface area contributed by atoms with Gasteiger partial charge in [0.05, 0.1) is 4.83 Å². The highest BCUT2D eigenvalue weighted by atomic mass is 79.9. The fourth-order valence-corrected chi connectivity index (χ4v) is 1.13. The highest BCUT2D eigenvalue weighted by molar-refractivity contribution is 9.10. The van der Waals surface area contributed by atoms with Crippen molar-refractivity contribution in [1.29, 1.82) is 0 Å². The van der Waals surface area contributed by atoms with Crippen molar-refractivity contribution < 1.29 is 4.79 Å². The van der Waals surface area contributed by atoms with Crippen molar-refractivity contribution in [3.63, 3.8) is 0 Å². The summed E-state index contributed by atoms with van der Waals surface area (Å²) in [6.45, 7) is 2.37. The van der Waals surface area contributed by atoms with E-state index in [0.29, 0.717) is 13.0 Å². The number of carbonyl (C=O) groups excluding carboxylic acids is 1. The molecule has 0 saturated carbocycles. The summed E-state index contributed by atoms with van der Waals surface area (Å²) in [7, 11) is 1.88. The van der Waals surface area contributed by atoms with Gasteiger partial charge in [-0.15, -0.1) is 10.2 Å². The zero-order valence-electron chi connectivity index (χ0n) is 8.20. The third-order valence-corrected chi connectivity index (χ3v) is 2.23. The molecule has 1 amide bonds. The van der Waals surface area contributed by atoms with Crippen LogP contribution < -0.4 is 5.32 Å². The van der Waals surface area contributed by atoms with Gasteiger partial charge in [0.15, 0.2) is 0 Å². The lowest BCUT2D eigenvalue weighted by Gasteiger charge is -2.05. The van der Waals surface area contributed by atoms with Crippen LogP contribution in [-0.4, -0.2) is 32.0 Å². The molecule has 1 N–H and O–H groups in total. The Kier molecular flexibility index (Phi) is 4.06. The number of hydrogen-bond donors (Lipinski definition) is 1.